The zero-order chi connectivity index (χ0) is 24.6. The average molecular weight is 484 g/mol. The van der Waals surface area contributed by atoms with E-state index in [-0.39, 0.29) is 12.4 Å². The molecule has 0 bridgehead atoms. The fraction of sp³-hybridized carbons (Fsp3) is 0.357. The van der Waals surface area contributed by atoms with E-state index in [0.717, 1.165) is 40.9 Å². The van der Waals surface area contributed by atoms with E-state index in [1.54, 1.807) is 4.57 Å². The summed E-state index contributed by atoms with van der Waals surface area (Å²) < 4.78 is 14.8. The number of hydrogen-bond acceptors (Lipinski definition) is 6. The Balaban J connectivity index is 1.51. The zero-order valence-corrected chi connectivity index (χ0v) is 20.7. The first-order valence-electron chi connectivity index (χ1n) is 12.7. The van der Waals surface area contributed by atoms with Crippen LogP contribution >= 0.6 is 0 Å². The van der Waals surface area contributed by atoms with Gasteiger partial charge in [0.2, 0.25) is 6.79 Å². The molecular weight excluding hydrogens is 454 g/mol. The standard InChI is InChI=1S/C28H29N5O3/c1-3-4-5-6-9-14-32-18(2)29-26-24(28(32)34)25-27(31-21-11-8-7-10-20(21)30-25)33(26)16-19-12-13-22-23(15-19)36-17-35-22/h7-8,10-13,15H,3-6,9,14,16-17H2,1-2H3. The molecule has 3 aromatic heterocycles. The Kier molecular flexibility index (Phi) is 5.79. The summed E-state index contributed by atoms with van der Waals surface area (Å²) in [6, 6.07) is 13.6. The molecule has 0 atom stereocenters. The van der Waals surface area contributed by atoms with E-state index in [1.165, 1.54) is 19.3 Å². The lowest BCUT2D eigenvalue weighted by atomic mass is 10.1. The van der Waals surface area contributed by atoms with Crippen LogP contribution in [0.4, 0.5) is 0 Å². The summed E-state index contributed by atoms with van der Waals surface area (Å²) in [6.07, 6.45) is 5.67. The van der Waals surface area contributed by atoms with Gasteiger partial charge in [-0.15, -0.1) is 0 Å². The highest BCUT2D eigenvalue weighted by Gasteiger charge is 2.22. The zero-order valence-electron chi connectivity index (χ0n) is 20.7. The Morgan fingerprint density at radius 3 is 2.47 bits per heavy atom. The van der Waals surface area contributed by atoms with Gasteiger partial charge in [0, 0.05) is 6.54 Å². The number of hydrogen-bond donors (Lipinski definition) is 0. The minimum absolute atomic E-state index is 0.0491. The molecule has 184 valence electrons. The third-order valence-corrected chi connectivity index (χ3v) is 6.90. The number of ether oxygens (including phenoxy) is 2. The lowest BCUT2D eigenvalue weighted by Gasteiger charge is -2.11. The van der Waals surface area contributed by atoms with Crippen molar-refractivity contribution >= 4 is 33.2 Å². The van der Waals surface area contributed by atoms with Gasteiger partial charge in [-0.3, -0.25) is 9.36 Å². The quantitative estimate of drug-likeness (QED) is 0.277. The summed E-state index contributed by atoms with van der Waals surface area (Å²) in [7, 11) is 0. The first-order chi connectivity index (χ1) is 17.6. The van der Waals surface area contributed by atoms with Crippen molar-refractivity contribution < 1.29 is 9.47 Å². The Hall–Kier alpha value is -3.94. The van der Waals surface area contributed by atoms with Gasteiger partial charge in [-0.1, -0.05) is 50.8 Å². The van der Waals surface area contributed by atoms with Gasteiger partial charge >= 0.3 is 0 Å². The van der Waals surface area contributed by atoms with Crippen molar-refractivity contribution in [2.45, 2.75) is 59.0 Å². The minimum Gasteiger partial charge on any atom is -0.454 e. The average Bonchev–Trinajstić information content (AvgIpc) is 3.46. The molecule has 0 aliphatic carbocycles. The van der Waals surface area contributed by atoms with Crippen molar-refractivity contribution in [2.24, 2.45) is 0 Å². The molecule has 1 aliphatic rings. The summed E-state index contributed by atoms with van der Waals surface area (Å²) in [5.74, 6) is 2.17. The second-order valence-electron chi connectivity index (χ2n) is 9.39. The predicted molar refractivity (Wildman–Crippen MR) is 140 cm³/mol. The molecule has 1 aliphatic heterocycles. The van der Waals surface area contributed by atoms with Crippen LogP contribution in [0.1, 0.15) is 50.4 Å². The summed E-state index contributed by atoms with van der Waals surface area (Å²) in [5.41, 5.74) is 4.38. The molecule has 0 saturated heterocycles. The summed E-state index contributed by atoms with van der Waals surface area (Å²) in [6.45, 7) is 5.48. The van der Waals surface area contributed by atoms with Crippen LogP contribution in [-0.4, -0.2) is 30.9 Å². The fourth-order valence-corrected chi connectivity index (χ4v) is 5.00. The van der Waals surface area contributed by atoms with Gasteiger partial charge in [0.1, 0.15) is 16.7 Å². The monoisotopic (exact) mass is 483 g/mol. The lowest BCUT2D eigenvalue weighted by Crippen LogP contribution is -2.24. The van der Waals surface area contributed by atoms with Crippen LogP contribution in [0.25, 0.3) is 33.2 Å². The van der Waals surface area contributed by atoms with Crippen LogP contribution in [-0.2, 0) is 13.1 Å². The van der Waals surface area contributed by atoms with Gasteiger partial charge in [-0.2, -0.15) is 0 Å². The molecule has 0 saturated carbocycles. The van der Waals surface area contributed by atoms with Crippen LogP contribution in [0.15, 0.2) is 47.3 Å². The Bertz CT molecular complexity index is 1650. The topological polar surface area (TPSA) is 84.1 Å². The third-order valence-electron chi connectivity index (χ3n) is 6.90. The van der Waals surface area contributed by atoms with Gasteiger partial charge in [0.05, 0.1) is 17.6 Å². The molecule has 6 rings (SSSR count). The van der Waals surface area contributed by atoms with Crippen molar-refractivity contribution in [2.75, 3.05) is 6.79 Å². The predicted octanol–water partition coefficient (Wildman–Crippen LogP) is 5.35. The second kappa shape index (κ2) is 9.26. The molecule has 0 spiro atoms. The maximum atomic E-state index is 13.8. The molecule has 0 unspecified atom stereocenters. The first kappa shape index (κ1) is 22.5. The first-order valence-corrected chi connectivity index (χ1v) is 12.7. The molecule has 0 fully saturated rings. The molecular formula is C28H29N5O3. The normalized spacial score (nSPS) is 12.8. The van der Waals surface area contributed by atoms with E-state index in [9.17, 15) is 4.79 Å². The Morgan fingerprint density at radius 1 is 0.861 bits per heavy atom. The van der Waals surface area contributed by atoms with E-state index in [0.29, 0.717) is 41.1 Å². The van der Waals surface area contributed by atoms with Gasteiger partial charge in [-0.05, 0) is 43.2 Å². The van der Waals surface area contributed by atoms with Crippen LogP contribution in [0.2, 0.25) is 0 Å². The van der Waals surface area contributed by atoms with Crippen LogP contribution in [0.3, 0.4) is 0 Å². The maximum absolute atomic E-state index is 13.8. The third kappa shape index (κ3) is 3.86. The largest absolute Gasteiger partial charge is 0.454 e. The van der Waals surface area contributed by atoms with Gasteiger partial charge < -0.3 is 14.0 Å². The van der Waals surface area contributed by atoms with E-state index >= 15 is 0 Å². The van der Waals surface area contributed by atoms with Gasteiger partial charge in [-0.25, -0.2) is 15.0 Å². The SMILES string of the molecule is CCCCCCCn1c(C)nc2c(c1=O)c1nc3ccccc3nc1n2Cc1ccc2c(c1)OCO2. The number of rotatable bonds is 8. The van der Waals surface area contributed by atoms with Crippen LogP contribution < -0.4 is 15.0 Å². The molecule has 0 radical (unpaired) electrons. The highest BCUT2D eigenvalue weighted by molar-refractivity contribution is 6.04. The molecule has 0 amide bonds. The number of fused-ring (bicyclic) bond motifs is 5. The Morgan fingerprint density at radius 2 is 1.64 bits per heavy atom. The number of nitrogens with zero attached hydrogens (tertiary/aromatic N) is 5. The van der Waals surface area contributed by atoms with E-state index in [1.807, 2.05) is 54.0 Å². The summed E-state index contributed by atoms with van der Waals surface area (Å²) in [4.78, 5) is 28.6. The number of unbranched alkanes of at least 4 members (excludes halogenated alkanes) is 4. The Labute approximate surface area is 208 Å². The number of para-hydroxylation sites is 2. The van der Waals surface area contributed by atoms with Crippen molar-refractivity contribution in [1.82, 2.24) is 24.1 Å². The lowest BCUT2D eigenvalue weighted by molar-refractivity contribution is 0.174. The smallest absolute Gasteiger partial charge is 0.265 e. The highest BCUT2D eigenvalue weighted by atomic mass is 16.7. The fourth-order valence-electron chi connectivity index (χ4n) is 5.00. The van der Waals surface area contributed by atoms with E-state index in [2.05, 4.69) is 6.92 Å². The molecule has 2 aromatic carbocycles. The molecule has 4 heterocycles. The van der Waals surface area contributed by atoms with Crippen molar-refractivity contribution in [1.29, 1.82) is 0 Å². The number of aromatic nitrogens is 5. The number of aryl methyl sites for hydroxylation is 1. The molecule has 0 N–H and O–H groups in total. The number of benzene rings is 2. The van der Waals surface area contributed by atoms with Crippen LogP contribution in [0.5, 0.6) is 11.5 Å². The van der Waals surface area contributed by atoms with Gasteiger partial charge in [0.25, 0.3) is 5.56 Å². The van der Waals surface area contributed by atoms with Crippen molar-refractivity contribution in [3.63, 3.8) is 0 Å². The summed E-state index contributed by atoms with van der Waals surface area (Å²) in [5, 5.41) is 0.531. The minimum atomic E-state index is -0.0491. The molecule has 5 aromatic rings. The van der Waals surface area contributed by atoms with E-state index < -0.39 is 0 Å². The highest BCUT2D eigenvalue weighted by Crippen LogP contribution is 2.34. The van der Waals surface area contributed by atoms with Crippen molar-refractivity contribution in [3.05, 3.63) is 64.2 Å². The maximum Gasteiger partial charge on any atom is 0.265 e. The van der Waals surface area contributed by atoms with Gasteiger partial charge in [0.15, 0.2) is 22.8 Å². The molecule has 36 heavy (non-hydrogen) atoms. The molecule has 8 heteroatoms. The van der Waals surface area contributed by atoms with Crippen molar-refractivity contribution in [3.8, 4) is 11.5 Å². The van der Waals surface area contributed by atoms with E-state index in [4.69, 9.17) is 24.4 Å². The van der Waals surface area contributed by atoms with Crippen LogP contribution in [0, 0.1) is 6.92 Å². The summed E-state index contributed by atoms with van der Waals surface area (Å²) >= 11 is 0. The molecule has 8 nitrogen and oxygen atoms in total. The second-order valence-corrected chi connectivity index (χ2v) is 9.39.